The van der Waals surface area contributed by atoms with Crippen molar-refractivity contribution in [1.29, 1.82) is 0 Å². The summed E-state index contributed by atoms with van der Waals surface area (Å²) in [5.41, 5.74) is 0.622. The lowest BCUT2D eigenvalue weighted by Gasteiger charge is -2.34. The number of halogens is 2. The van der Waals surface area contributed by atoms with Gasteiger partial charge in [-0.1, -0.05) is 12.5 Å². The normalized spacial score (nSPS) is 32.5. The Morgan fingerprint density at radius 3 is 2.76 bits per heavy atom. The van der Waals surface area contributed by atoms with E-state index in [4.69, 9.17) is 0 Å². The molecule has 1 nitrogen and oxygen atoms in total. The summed E-state index contributed by atoms with van der Waals surface area (Å²) in [5, 5.41) is 3.53. The van der Waals surface area contributed by atoms with Crippen LogP contribution in [0.1, 0.15) is 43.7 Å². The zero-order valence-corrected chi connectivity index (χ0v) is 9.76. The Morgan fingerprint density at radius 2 is 1.94 bits per heavy atom. The van der Waals surface area contributed by atoms with Crippen LogP contribution in [-0.4, -0.2) is 6.04 Å². The van der Waals surface area contributed by atoms with Gasteiger partial charge in [0.05, 0.1) is 0 Å². The number of fused-ring (bicyclic) bond motifs is 1. The largest absolute Gasteiger partial charge is 0.307 e. The summed E-state index contributed by atoms with van der Waals surface area (Å²) in [6, 6.07) is 4.52. The van der Waals surface area contributed by atoms with Crippen molar-refractivity contribution in [2.75, 3.05) is 0 Å². The van der Waals surface area contributed by atoms with E-state index in [-0.39, 0.29) is 6.04 Å². The zero-order chi connectivity index (χ0) is 11.8. The van der Waals surface area contributed by atoms with E-state index in [2.05, 4.69) is 5.32 Å². The third-order valence-corrected chi connectivity index (χ3v) is 4.24. The number of rotatable bonds is 1. The van der Waals surface area contributed by atoms with Crippen LogP contribution in [0.4, 0.5) is 8.78 Å². The molecule has 17 heavy (non-hydrogen) atoms. The molecule has 1 aliphatic carbocycles. The highest BCUT2D eigenvalue weighted by Gasteiger charge is 2.34. The molecule has 0 bridgehead atoms. The molecule has 1 aliphatic heterocycles. The Bertz CT molecular complexity index is 419. The molecule has 1 N–H and O–H groups in total. The number of benzene rings is 1. The third-order valence-electron chi connectivity index (χ3n) is 4.24. The average Bonchev–Trinajstić information content (AvgIpc) is 2.75. The minimum atomic E-state index is -0.499. The highest BCUT2D eigenvalue weighted by molar-refractivity contribution is 5.23. The van der Waals surface area contributed by atoms with Gasteiger partial charge in [-0.05, 0) is 37.7 Å². The molecule has 92 valence electrons. The Kier molecular flexibility index (Phi) is 2.87. The van der Waals surface area contributed by atoms with Crippen molar-refractivity contribution in [2.45, 2.75) is 44.2 Å². The number of hydrogen-bond acceptors (Lipinski definition) is 1. The highest BCUT2D eigenvalue weighted by atomic mass is 19.1. The molecular weight excluding hydrogens is 220 g/mol. The van der Waals surface area contributed by atoms with Crippen LogP contribution in [0.15, 0.2) is 18.2 Å². The maximum absolute atomic E-state index is 13.7. The van der Waals surface area contributed by atoms with E-state index in [0.717, 1.165) is 18.4 Å². The minimum absolute atomic E-state index is 0.0648. The average molecular weight is 237 g/mol. The lowest BCUT2D eigenvalue weighted by Crippen LogP contribution is -2.40. The Balaban J connectivity index is 1.80. The summed E-state index contributed by atoms with van der Waals surface area (Å²) in [5.74, 6) is -0.144. The van der Waals surface area contributed by atoms with E-state index in [9.17, 15) is 8.78 Å². The van der Waals surface area contributed by atoms with Crippen LogP contribution in [0, 0.1) is 17.6 Å². The van der Waals surface area contributed by atoms with Gasteiger partial charge in [-0.3, -0.25) is 0 Å². The van der Waals surface area contributed by atoms with Gasteiger partial charge in [-0.15, -0.1) is 0 Å². The van der Waals surface area contributed by atoms with Crippen molar-refractivity contribution in [3.05, 3.63) is 35.4 Å². The van der Waals surface area contributed by atoms with Crippen molar-refractivity contribution in [1.82, 2.24) is 5.32 Å². The lowest BCUT2D eigenvalue weighted by molar-refractivity contribution is 0.257. The minimum Gasteiger partial charge on any atom is -0.307 e. The molecule has 3 atom stereocenters. The molecule has 3 rings (SSSR count). The molecule has 2 aliphatic rings. The Hall–Kier alpha value is -0.960. The predicted octanol–water partition coefficient (Wildman–Crippen LogP) is 3.56. The van der Waals surface area contributed by atoms with Crippen molar-refractivity contribution in [2.24, 2.45) is 5.92 Å². The van der Waals surface area contributed by atoms with Crippen molar-refractivity contribution >= 4 is 0 Å². The van der Waals surface area contributed by atoms with Crippen molar-refractivity contribution < 1.29 is 8.78 Å². The smallest absolute Gasteiger partial charge is 0.130 e. The van der Waals surface area contributed by atoms with Gasteiger partial charge in [0.1, 0.15) is 11.6 Å². The second-order valence-electron chi connectivity index (χ2n) is 5.26. The Labute approximate surface area is 100 Å². The second kappa shape index (κ2) is 4.37. The van der Waals surface area contributed by atoms with E-state index in [1.807, 2.05) is 0 Å². The second-order valence-corrected chi connectivity index (χ2v) is 5.26. The van der Waals surface area contributed by atoms with Crippen molar-refractivity contribution in [3.63, 3.8) is 0 Å². The maximum atomic E-state index is 13.7. The molecule has 1 saturated heterocycles. The van der Waals surface area contributed by atoms with Gasteiger partial charge in [0.25, 0.3) is 0 Å². The fourth-order valence-corrected chi connectivity index (χ4v) is 3.35. The summed E-state index contributed by atoms with van der Waals surface area (Å²) < 4.78 is 26.6. The zero-order valence-electron chi connectivity index (χ0n) is 9.76. The van der Waals surface area contributed by atoms with Crippen LogP contribution >= 0.6 is 0 Å². The molecule has 2 fully saturated rings. The van der Waals surface area contributed by atoms with Crippen LogP contribution in [0.2, 0.25) is 0 Å². The summed E-state index contributed by atoms with van der Waals surface area (Å²) in [6.07, 6.45) is 5.91. The maximum Gasteiger partial charge on any atom is 0.130 e. The molecule has 0 radical (unpaired) electrons. The van der Waals surface area contributed by atoms with E-state index in [0.29, 0.717) is 11.6 Å². The third kappa shape index (κ3) is 2.08. The highest BCUT2D eigenvalue weighted by Crippen LogP contribution is 2.38. The summed E-state index contributed by atoms with van der Waals surface area (Å²) in [4.78, 5) is 0. The SMILES string of the molecule is Fc1ccc(C2CCC3CCCC3N2)c(F)c1. The molecule has 0 amide bonds. The first-order valence-corrected chi connectivity index (χ1v) is 6.45. The molecule has 0 spiro atoms. The Morgan fingerprint density at radius 1 is 1.06 bits per heavy atom. The quantitative estimate of drug-likeness (QED) is 0.787. The van der Waals surface area contributed by atoms with E-state index >= 15 is 0 Å². The molecule has 0 aromatic heterocycles. The summed E-state index contributed by atoms with van der Waals surface area (Å²) in [7, 11) is 0. The van der Waals surface area contributed by atoms with Crippen LogP contribution in [-0.2, 0) is 0 Å². The molecule has 1 aromatic carbocycles. The van der Waals surface area contributed by atoms with Crippen LogP contribution < -0.4 is 5.32 Å². The first-order valence-electron chi connectivity index (χ1n) is 6.45. The standard InChI is InChI=1S/C14H17F2N/c15-10-5-6-11(12(16)8-10)14-7-4-9-2-1-3-13(9)17-14/h5-6,8-9,13-14,17H,1-4,7H2. The topological polar surface area (TPSA) is 12.0 Å². The van der Waals surface area contributed by atoms with Gasteiger partial charge in [0.15, 0.2) is 0 Å². The van der Waals surface area contributed by atoms with Gasteiger partial charge in [-0.25, -0.2) is 8.78 Å². The van der Waals surface area contributed by atoms with E-state index in [1.54, 1.807) is 6.07 Å². The molecule has 3 heteroatoms. The van der Waals surface area contributed by atoms with E-state index in [1.165, 1.54) is 31.7 Å². The molecule has 1 heterocycles. The summed E-state index contributed by atoms with van der Waals surface area (Å²) in [6.45, 7) is 0. The van der Waals surface area contributed by atoms with Gasteiger partial charge in [0.2, 0.25) is 0 Å². The number of nitrogens with one attached hydrogen (secondary N) is 1. The van der Waals surface area contributed by atoms with Crippen LogP contribution in [0.25, 0.3) is 0 Å². The number of piperidine rings is 1. The van der Waals surface area contributed by atoms with Gasteiger partial charge in [0, 0.05) is 23.7 Å². The summed E-state index contributed by atoms with van der Waals surface area (Å²) >= 11 is 0. The predicted molar refractivity (Wildman–Crippen MR) is 62.6 cm³/mol. The van der Waals surface area contributed by atoms with E-state index < -0.39 is 11.6 Å². The van der Waals surface area contributed by atoms with Gasteiger partial charge >= 0.3 is 0 Å². The van der Waals surface area contributed by atoms with Crippen LogP contribution in [0.5, 0.6) is 0 Å². The fourth-order valence-electron chi connectivity index (χ4n) is 3.35. The van der Waals surface area contributed by atoms with Crippen LogP contribution in [0.3, 0.4) is 0 Å². The van der Waals surface area contributed by atoms with Gasteiger partial charge < -0.3 is 5.32 Å². The number of hydrogen-bond donors (Lipinski definition) is 1. The lowest BCUT2D eigenvalue weighted by atomic mass is 9.87. The fraction of sp³-hybridized carbons (Fsp3) is 0.571. The molecule has 3 unspecified atom stereocenters. The molecular formula is C14H17F2N. The van der Waals surface area contributed by atoms with Gasteiger partial charge in [-0.2, -0.15) is 0 Å². The first kappa shape index (κ1) is 11.1. The molecule has 1 aromatic rings. The monoisotopic (exact) mass is 237 g/mol. The van der Waals surface area contributed by atoms with Crippen molar-refractivity contribution in [3.8, 4) is 0 Å². The first-order chi connectivity index (χ1) is 8.24. The molecule has 1 saturated carbocycles.